The lowest BCUT2D eigenvalue weighted by Gasteiger charge is -2.03. The molecule has 1 N–H and O–H groups in total. The van der Waals surface area contributed by atoms with Crippen LogP contribution in [0.15, 0.2) is 18.2 Å². The van der Waals surface area contributed by atoms with Crippen LogP contribution in [0.25, 0.3) is 0 Å². The fraction of sp³-hybridized carbons (Fsp3) is 0.273. The Kier molecular flexibility index (Phi) is 6.72. The molecule has 0 unspecified atom stereocenters. The smallest absolute Gasteiger partial charge is 0.312 e. The topological polar surface area (TPSA) is 98.5 Å². The van der Waals surface area contributed by atoms with E-state index in [-0.39, 0.29) is 11.3 Å². The van der Waals surface area contributed by atoms with E-state index in [1.54, 1.807) is 0 Å². The number of hydrogen-bond donors (Lipinski definition) is 1. The molecule has 8 heteroatoms. The van der Waals surface area contributed by atoms with Gasteiger partial charge in [-0.2, -0.15) is 5.54 Å². The molecule has 0 aliphatic heterocycles. The highest BCUT2D eigenvalue weighted by atomic mass is 19.2. The van der Waals surface area contributed by atoms with E-state index >= 15 is 0 Å². The fourth-order valence-electron chi connectivity index (χ4n) is 1.10. The molecule has 1 aromatic carbocycles. The number of benzene rings is 1. The van der Waals surface area contributed by atoms with Gasteiger partial charge in [-0.05, 0) is 12.1 Å². The van der Waals surface area contributed by atoms with E-state index in [9.17, 15) is 24.2 Å². The summed E-state index contributed by atoms with van der Waals surface area (Å²) in [6, 6.07) is 2.96. The summed E-state index contributed by atoms with van der Waals surface area (Å²) in [6.45, 7) is 5.08. The molecule has 7 nitrogen and oxygen atoms in total. The third kappa shape index (κ3) is 4.70. The van der Waals surface area contributed by atoms with Crippen molar-refractivity contribution in [3.05, 3.63) is 33.9 Å². The van der Waals surface area contributed by atoms with Crippen LogP contribution >= 0.6 is 0 Å². The molecular formula is C11H13FN2O5. The molecule has 1 amide bonds. The normalized spacial score (nSPS) is 8.84. The molecule has 0 bridgehead atoms. The number of halogens is 1. The molecule has 0 aliphatic rings. The molecule has 0 saturated carbocycles. The Morgan fingerprint density at radius 3 is 2.37 bits per heavy atom. The first-order valence-electron chi connectivity index (χ1n) is 5.33. The first-order chi connectivity index (χ1) is 8.95. The standard InChI is InChI=1S/C9H7FN2O5.C2H6/c1-5(13)17-8-3-2-6(9(14)11-10)4-7(8)12(15)16;1-2/h2-4H,1H3,(H,11,14);1-2H3. The molecule has 0 spiro atoms. The molecule has 0 atom stereocenters. The van der Waals surface area contributed by atoms with Gasteiger partial charge in [0.05, 0.1) is 4.92 Å². The maximum absolute atomic E-state index is 11.9. The van der Waals surface area contributed by atoms with Gasteiger partial charge in [-0.3, -0.25) is 19.7 Å². The average molecular weight is 272 g/mol. The van der Waals surface area contributed by atoms with Crippen LogP contribution in [-0.2, 0) is 4.79 Å². The van der Waals surface area contributed by atoms with Crippen molar-refractivity contribution in [1.82, 2.24) is 5.54 Å². The molecule has 0 aromatic heterocycles. The van der Waals surface area contributed by atoms with Gasteiger partial charge in [-0.15, -0.1) is 0 Å². The number of amides is 1. The predicted octanol–water partition coefficient (Wildman–Crippen LogP) is 2.16. The summed E-state index contributed by atoms with van der Waals surface area (Å²) in [7, 11) is 0. The summed E-state index contributed by atoms with van der Waals surface area (Å²) in [5.41, 5.74) is -0.0122. The van der Waals surface area contributed by atoms with E-state index in [2.05, 4.69) is 4.74 Å². The first-order valence-corrected chi connectivity index (χ1v) is 5.33. The lowest BCUT2D eigenvalue weighted by molar-refractivity contribution is -0.385. The van der Waals surface area contributed by atoms with Gasteiger partial charge >= 0.3 is 11.7 Å². The van der Waals surface area contributed by atoms with Gasteiger partial charge in [-0.25, -0.2) is 0 Å². The van der Waals surface area contributed by atoms with Crippen LogP contribution in [0, 0.1) is 10.1 Å². The van der Waals surface area contributed by atoms with Crippen molar-refractivity contribution in [3.8, 4) is 5.75 Å². The Labute approximate surface area is 108 Å². The van der Waals surface area contributed by atoms with Gasteiger partial charge in [-0.1, -0.05) is 18.3 Å². The number of carbonyl (C=O) groups excluding carboxylic acids is 2. The highest BCUT2D eigenvalue weighted by Crippen LogP contribution is 2.28. The fourth-order valence-corrected chi connectivity index (χ4v) is 1.10. The van der Waals surface area contributed by atoms with Gasteiger partial charge in [0.15, 0.2) is 0 Å². The van der Waals surface area contributed by atoms with E-state index in [0.717, 1.165) is 30.7 Å². The third-order valence-electron chi connectivity index (χ3n) is 1.76. The molecule has 0 radical (unpaired) electrons. The van der Waals surface area contributed by atoms with E-state index in [4.69, 9.17) is 0 Å². The quantitative estimate of drug-likeness (QED) is 0.299. The van der Waals surface area contributed by atoms with Crippen molar-refractivity contribution in [2.45, 2.75) is 20.8 Å². The number of nitrogens with zero attached hydrogens (tertiary/aromatic N) is 1. The Hall–Kier alpha value is -2.51. The second kappa shape index (κ2) is 7.75. The van der Waals surface area contributed by atoms with Crippen LogP contribution < -0.4 is 10.3 Å². The zero-order chi connectivity index (χ0) is 15.0. The van der Waals surface area contributed by atoms with Crippen LogP contribution in [0.4, 0.5) is 10.2 Å². The zero-order valence-electron chi connectivity index (χ0n) is 10.6. The van der Waals surface area contributed by atoms with Gasteiger partial charge in [0, 0.05) is 18.6 Å². The average Bonchev–Trinajstić information content (AvgIpc) is 2.39. The van der Waals surface area contributed by atoms with Gasteiger partial charge in [0.2, 0.25) is 5.75 Å². The van der Waals surface area contributed by atoms with Crippen LogP contribution in [0.3, 0.4) is 0 Å². The van der Waals surface area contributed by atoms with E-state index < -0.39 is 22.5 Å². The predicted molar refractivity (Wildman–Crippen MR) is 64.3 cm³/mol. The number of nitro benzene ring substituents is 1. The van der Waals surface area contributed by atoms with Crippen LogP contribution in [-0.4, -0.2) is 16.8 Å². The molecule has 0 aliphatic carbocycles. The number of esters is 1. The number of nitrogens with one attached hydrogen (secondary N) is 1. The van der Waals surface area contributed by atoms with Crippen molar-refractivity contribution >= 4 is 17.6 Å². The molecule has 1 rings (SSSR count). The highest BCUT2D eigenvalue weighted by molar-refractivity contribution is 5.94. The minimum Gasteiger partial charge on any atom is -0.419 e. The minimum absolute atomic E-state index is 0.255. The molecule has 0 fully saturated rings. The second-order valence-electron chi connectivity index (χ2n) is 2.96. The Bertz CT molecular complexity index is 490. The van der Waals surface area contributed by atoms with Crippen LogP contribution in [0.1, 0.15) is 31.1 Å². The van der Waals surface area contributed by atoms with Gasteiger partial charge < -0.3 is 4.74 Å². The SMILES string of the molecule is CC.CC(=O)Oc1ccc(C(=O)NF)cc1[N+](=O)[O-]. The van der Waals surface area contributed by atoms with E-state index in [1.165, 1.54) is 0 Å². The number of nitro groups is 1. The monoisotopic (exact) mass is 272 g/mol. The summed E-state index contributed by atoms with van der Waals surface area (Å²) >= 11 is 0. The Morgan fingerprint density at radius 2 is 1.95 bits per heavy atom. The van der Waals surface area contributed by atoms with E-state index in [1.807, 2.05) is 13.8 Å². The molecule has 0 saturated heterocycles. The van der Waals surface area contributed by atoms with Gasteiger partial charge in [0.25, 0.3) is 5.91 Å². The summed E-state index contributed by atoms with van der Waals surface area (Å²) in [5.74, 6) is -2.17. The largest absolute Gasteiger partial charge is 0.419 e. The molecular weight excluding hydrogens is 259 g/mol. The van der Waals surface area contributed by atoms with Crippen LogP contribution in [0.5, 0.6) is 5.75 Å². The summed E-state index contributed by atoms with van der Waals surface area (Å²) in [5, 5.41) is 10.7. The van der Waals surface area contributed by atoms with Crippen molar-refractivity contribution in [1.29, 1.82) is 0 Å². The van der Waals surface area contributed by atoms with Crippen LogP contribution in [0.2, 0.25) is 0 Å². The van der Waals surface area contributed by atoms with Gasteiger partial charge in [0.1, 0.15) is 0 Å². The molecule has 19 heavy (non-hydrogen) atoms. The summed E-state index contributed by atoms with van der Waals surface area (Å²) in [4.78, 5) is 31.4. The third-order valence-corrected chi connectivity index (χ3v) is 1.76. The maximum atomic E-state index is 11.9. The van der Waals surface area contributed by atoms with E-state index in [0.29, 0.717) is 0 Å². The molecule has 1 aromatic rings. The summed E-state index contributed by atoms with van der Waals surface area (Å²) < 4.78 is 16.4. The van der Waals surface area contributed by atoms with Crippen molar-refractivity contribution < 1.29 is 23.7 Å². The summed E-state index contributed by atoms with van der Waals surface area (Å²) in [6.07, 6.45) is 0. The lowest BCUT2D eigenvalue weighted by Crippen LogP contribution is -2.14. The zero-order valence-corrected chi connectivity index (χ0v) is 10.6. The second-order valence-corrected chi connectivity index (χ2v) is 2.96. The minimum atomic E-state index is -1.12. The maximum Gasteiger partial charge on any atom is 0.312 e. The number of hydrogen-bond acceptors (Lipinski definition) is 5. The number of rotatable bonds is 3. The Balaban J connectivity index is 0.00000154. The molecule has 104 valence electrons. The Morgan fingerprint density at radius 1 is 1.37 bits per heavy atom. The first kappa shape index (κ1) is 16.5. The van der Waals surface area contributed by atoms with Crippen molar-refractivity contribution in [3.63, 3.8) is 0 Å². The molecule has 0 heterocycles. The van der Waals surface area contributed by atoms with Crippen molar-refractivity contribution in [2.24, 2.45) is 0 Å². The number of carbonyl (C=O) groups is 2. The number of ether oxygens (including phenoxy) is 1. The highest BCUT2D eigenvalue weighted by Gasteiger charge is 2.19. The lowest BCUT2D eigenvalue weighted by atomic mass is 10.2. The van der Waals surface area contributed by atoms with Crippen molar-refractivity contribution in [2.75, 3.05) is 0 Å².